The molecule has 0 fully saturated rings. The monoisotopic (exact) mass is 253 g/mol. The molecule has 0 saturated heterocycles. The van der Waals surface area contributed by atoms with Crippen LogP contribution in [0.15, 0.2) is 21.9 Å². The molecule has 2 heterocycles. The van der Waals surface area contributed by atoms with Crippen LogP contribution in [0.5, 0.6) is 0 Å². The van der Waals surface area contributed by atoms with Gasteiger partial charge < -0.3 is 9.73 Å². The van der Waals surface area contributed by atoms with Crippen molar-refractivity contribution < 1.29 is 9.34 Å². The summed E-state index contributed by atoms with van der Waals surface area (Å²) in [4.78, 5) is 14.1. The Balaban J connectivity index is 1.83. The third-order valence-corrected chi connectivity index (χ3v) is 2.92. The number of aromatic nitrogens is 1. The van der Waals surface area contributed by atoms with Crippen LogP contribution >= 0.6 is 11.3 Å². The van der Waals surface area contributed by atoms with Crippen LogP contribution in [0.1, 0.15) is 16.5 Å². The molecular formula is C10H11N3O3S. The molecule has 17 heavy (non-hydrogen) atoms. The molecule has 2 rings (SSSR count). The van der Waals surface area contributed by atoms with Crippen molar-refractivity contribution in [3.8, 4) is 0 Å². The first-order chi connectivity index (χ1) is 8.15. The average Bonchev–Trinajstić information content (AvgIpc) is 2.88. The van der Waals surface area contributed by atoms with Crippen LogP contribution < -0.4 is 5.32 Å². The summed E-state index contributed by atoms with van der Waals surface area (Å²) in [5.41, 5.74) is 0.966. The van der Waals surface area contributed by atoms with Crippen molar-refractivity contribution >= 4 is 17.2 Å². The van der Waals surface area contributed by atoms with Crippen LogP contribution in [-0.2, 0) is 13.1 Å². The number of nitrogens with zero attached hydrogens (tertiary/aromatic N) is 2. The van der Waals surface area contributed by atoms with Crippen molar-refractivity contribution in [2.45, 2.75) is 20.0 Å². The van der Waals surface area contributed by atoms with E-state index in [1.807, 2.05) is 12.3 Å². The van der Waals surface area contributed by atoms with Gasteiger partial charge in [0.15, 0.2) is 0 Å². The fourth-order valence-corrected chi connectivity index (χ4v) is 1.98. The molecule has 0 unspecified atom stereocenters. The van der Waals surface area contributed by atoms with E-state index in [4.69, 9.17) is 4.42 Å². The third kappa shape index (κ3) is 3.11. The minimum absolute atomic E-state index is 0.230. The molecule has 7 heteroatoms. The highest BCUT2D eigenvalue weighted by Gasteiger charge is 2.11. The fourth-order valence-electron chi connectivity index (χ4n) is 1.36. The van der Waals surface area contributed by atoms with Crippen molar-refractivity contribution in [2.75, 3.05) is 0 Å². The summed E-state index contributed by atoms with van der Waals surface area (Å²) >= 11 is 1.59. The van der Waals surface area contributed by atoms with E-state index in [-0.39, 0.29) is 5.88 Å². The van der Waals surface area contributed by atoms with Crippen LogP contribution in [0, 0.1) is 17.0 Å². The van der Waals surface area contributed by atoms with Gasteiger partial charge in [-0.05, 0) is 13.0 Å². The predicted molar refractivity (Wildman–Crippen MR) is 62.8 cm³/mol. The maximum absolute atomic E-state index is 10.4. The molecule has 2 aromatic rings. The number of rotatable bonds is 5. The molecule has 0 atom stereocenters. The zero-order valence-electron chi connectivity index (χ0n) is 9.17. The average molecular weight is 253 g/mol. The first-order valence-corrected chi connectivity index (χ1v) is 5.88. The Kier molecular flexibility index (Phi) is 3.50. The van der Waals surface area contributed by atoms with E-state index in [1.54, 1.807) is 17.4 Å². The number of furan rings is 1. The Morgan fingerprint density at radius 1 is 1.53 bits per heavy atom. The quantitative estimate of drug-likeness (QED) is 0.652. The van der Waals surface area contributed by atoms with Crippen LogP contribution in [-0.4, -0.2) is 9.91 Å². The Bertz CT molecular complexity index is 520. The molecule has 1 N–H and O–H groups in total. The molecule has 0 aliphatic carbocycles. The van der Waals surface area contributed by atoms with Crippen LogP contribution in [0.4, 0.5) is 5.88 Å². The molecule has 2 aromatic heterocycles. The molecule has 90 valence electrons. The zero-order valence-corrected chi connectivity index (χ0v) is 9.99. The van der Waals surface area contributed by atoms with E-state index >= 15 is 0 Å². The molecule has 6 nitrogen and oxygen atoms in total. The van der Waals surface area contributed by atoms with Gasteiger partial charge in [0.05, 0.1) is 23.3 Å². The molecule has 0 bridgehead atoms. The van der Waals surface area contributed by atoms with E-state index in [2.05, 4.69) is 10.3 Å². The smallest absolute Gasteiger partial charge is 0.404 e. The van der Waals surface area contributed by atoms with E-state index in [0.29, 0.717) is 18.8 Å². The van der Waals surface area contributed by atoms with Gasteiger partial charge in [-0.25, -0.2) is 4.98 Å². The zero-order chi connectivity index (χ0) is 12.3. The number of aryl methyl sites for hydroxylation is 1. The second kappa shape index (κ2) is 5.07. The second-order valence-corrected chi connectivity index (χ2v) is 4.52. The lowest BCUT2D eigenvalue weighted by atomic mass is 10.4. The van der Waals surface area contributed by atoms with Gasteiger partial charge in [0.1, 0.15) is 10.7 Å². The summed E-state index contributed by atoms with van der Waals surface area (Å²) < 4.78 is 5.01. The summed E-state index contributed by atoms with van der Waals surface area (Å²) in [6.07, 6.45) is 0. The molecule has 0 aromatic carbocycles. The highest BCUT2D eigenvalue weighted by Crippen LogP contribution is 2.15. The molecule has 0 radical (unpaired) electrons. The summed E-state index contributed by atoms with van der Waals surface area (Å²) in [6.45, 7) is 3.02. The largest absolute Gasteiger partial charge is 0.433 e. The van der Waals surface area contributed by atoms with E-state index in [1.165, 1.54) is 6.07 Å². The lowest BCUT2D eigenvalue weighted by Gasteiger charge is -1.98. The first kappa shape index (κ1) is 11.7. The lowest BCUT2D eigenvalue weighted by Crippen LogP contribution is -2.12. The summed E-state index contributed by atoms with van der Waals surface area (Å²) in [5, 5.41) is 16.5. The van der Waals surface area contributed by atoms with Crippen molar-refractivity contribution in [3.05, 3.63) is 44.1 Å². The molecule has 0 aliphatic rings. The Hall–Kier alpha value is -1.73. The van der Waals surface area contributed by atoms with E-state index in [9.17, 15) is 10.1 Å². The minimum atomic E-state index is -0.548. The highest BCUT2D eigenvalue weighted by atomic mass is 32.1. The van der Waals surface area contributed by atoms with Gasteiger partial charge in [-0.3, -0.25) is 10.1 Å². The van der Waals surface area contributed by atoms with Crippen molar-refractivity contribution in [2.24, 2.45) is 0 Å². The maximum Gasteiger partial charge on any atom is 0.433 e. The van der Waals surface area contributed by atoms with Crippen LogP contribution in [0.2, 0.25) is 0 Å². The van der Waals surface area contributed by atoms with Gasteiger partial charge in [0.25, 0.3) is 0 Å². The lowest BCUT2D eigenvalue weighted by molar-refractivity contribution is -0.402. The van der Waals surface area contributed by atoms with Gasteiger partial charge in [-0.1, -0.05) is 0 Å². The third-order valence-electron chi connectivity index (χ3n) is 2.10. The number of hydrogen-bond donors (Lipinski definition) is 1. The summed E-state index contributed by atoms with van der Waals surface area (Å²) in [6, 6.07) is 2.95. The molecular weight excluding hydrogens is 242 g/mol. The highest BCUT2D eigenvalue weighted by molar-refractivity contribution is 7.09. The number of nitrogens with one attached hydrogen (secondary N) is 1. The van der Waals surface area contributed by atoms with Crippen LogP contribution in [0.3, 0.4) is 0 Å². The Labute approximate surface area is 101 Å². The fraction of sp³-hybridized carbons (Fsp3) is 0.300. The van der Waals surface area contributed by atoms with Gasteiger partial charge >= 0.3 is 5.88 Å². The number of nitro groups is 1. The molecule has 0 aliphatic heterocycles. The standard InChI is InChI=1S/C10H11N3O3S/c1-7-12-8(6-17-7)4-11-5-9-2-3-10(16-9)13(14)15/h2-3,6,11H,4-5H2,1H3. The number of hydrogen-bond acceptors (Lipinski definition) is 6. The van der Waals surface area contributed by atoms with Crippen LogP contribution in [0.25, 0.3) is 0 Å². The molecule has 0 amide bonds. The summed E-state index contributed by atoms with van der Waals surface area (Å²) in [5.74, 6) is 0.315. The van der Waals surface area contributed by atoms with Gasteiger partial charge in [-0.2, -0.15) is 0 Å². The summed E-state index contributed by atoms with van der Waals surface area (Å²) in [7, 11) is 0. The first-order valence-electron chi connectivity index (χ1n) is 5.00. The van der Waals surface area contributed by atoms with Gasteiger partial charge in [-0.15, -0.1) is 11.3 Å². The van der Waals surface area contributed by atoms with E-state index in [0.717, 1.165) is 10.7 Å². The predicted octanol–water partition coefficient (Wildman–Crippen LogP) is 2.24. The maximum atomic E-state index is 10.4. The van der Waals surface area contributed by atoms with Crippen molar-refractivity contribution in [1.82, 2.24) is 10.3 Å². The van der Waals surface area contributed by atoms with E-state index < -0.39 is 4.92 Å². The second-order valence-electron chi connectivity index (χ2n) is 3.46. The van der Waals surface area contributed by atoms with Gasteiger partial charge in [0, 0.05) is 11.9 Å². The number of thiazole rings is 1. The molecule has 0 spiro atoms. The minimum Gasteiger partial charge on any atom is -0.404 e. The Morgan fingerprint density at radius 3 is 2.94 bits per heavy atom. The Morgan fingerprint density at radius 2 is 2.35 bits per heavy atom. The van der Waals surface area contributed by atoms with Crippen molar-refractivity contribution in [3.63, 3.8) is 0 Å². The topological polar surface area (TPSA) is 81.2 Å². The SMILES string of the molecule is Cc1nc(CNCc2ccc([N+](=O)[O-])o2)cs1. The molecule has 0 saturated carbocycles. The van der Waals surface area contributed by atoms with Gasteiger partial charge in [0.2, 0.25) is 0 Å². The normalized spacial score (nSPS) is 10.6. The van der Waals surface area contributed by atoms with Crippen molar-refractivity contribution in [1.29, 1.82) is 0 Å².